The van der Waals surface area contributed by atoms with E-state index in [1.54, 1.807) is 23.1 Å². The number of nitriles is 1. The number of hydrogen-bond donors (Lipinski definition) is 0. The molecule has 2 saturated carbocycles. The van der Waals surface area contributed by atoms with E-state index in [-0.39, 0.29) is 87.9 Å². The summed E-state index contributed by atoms with van der Waals surface area (Å²) in [4.78, 5) is 52.8. The maximum Gasteiger partial charge on any atom is 0.410 e. The maximum absolute atomic E-state index is 17.6. The second-order valence-electron chi connectivity index (χ2n) is 20.4. The van der Waals surface area contributed by atoms with Gasteiger partial charge in [-0.25, -0.2) is 19.0 Å². The lowest BCUT2D eigenvalue weighted by atomic mass is 9.79. The summed E-state index contributed by atoms with van der Waals surface area (Å²) in [6, 6.07) is 11.3. The SMILES string of the molecule is Cc1nc2c(F)c(-c3cccc(Cl)c3Cl)c(CCC#N)cc2c2c1cc([C@H]1[C@H]3C[C@H](CN(C(=O)OCC[Si](C)(C)C)C3)N1C(=O)C1CC1)n2[C@H]1[C@@H]2C[C@H]1N(C(=O)OC(C)(C)C)C2. The van der Waals surface area contributed by atoms with Gasteiger partial charge in [-0.3, -0.25) is 4.79 Å². The fourth-order valence-electron chi connectivity index (χ4n) is 10.7. The highest BCUT2D eigenvalue weighted by Gasteiger charge is 2.59. The van der Waals surface area contributed by atoms with Crippen LogP contribution in [0.1, 0.15) is 81.9 Å². The Balaban J connectivity index is 1.24. The van der Waals surface area contributed by atoms with E-state index in [0.29, 0.717) is 48.4 Å². The van der Waals surface area contributed by atoms with Crippen LogP contribution < -0.4 is 0 Å². The Bertz CT molecular complexity index is 2560. The molecule has 0 unspecified atom stereocenters. The average molecular weight is 902 g/mol. The molecule has 10 rings (SSSR count). The first-order valence-corrected chi connectivity index (χ1v) is 26.5. The van der Waals surface area contributed by atoms with Gasteiger partial charge in [0.15, 0.2) is 5.82 Å². The first-order chi connectivity index (χ1) is 29.3. The summed E-state index contributed by atoms with van der Waals surface area (Å²) in [5.74, 6) is -0.539. The lowest BCUT2D eigenvalue weighted by Gasteiger charge is -2.41. The minimum atomic E-state index is -1.44. The standard InChI is InChI=1S/C47H55Cl2FN6O5Si/c1-25-32-21-36(42-28-18-30(55(42)44(57)26-13-14-26)24-53(22-28)45(58)60-16-17-62(5,6)7)56(41-29-20-35(41)54(23-29)46(59)61-47(2,3)4)43(32)33-19-27(10-9-15-51)37(39(50)40(33)52-25)31-11-8-12-34(48)38(31)49/h8,11-12,19,21,26,28-30,35,41-42H,9-10,13-14,16-18,20,22-24H2,1-7H3/t28-,29+,30+,35+,41-,42+/m0/s1. The van der Waals surface area contributed by atoms with Gasteiger partial charge in [-0.1, -0.05) is 55.0 Å². The molecular formula is C47H55Cl2FN6O5Si. The Morgan fingerprint density at radius 2 is 1.77 bits per heavy atom. The van der Waals surface area contributed by atoms with Crippen molar-refractivity contribution < 1.29 is 28.2 Å². The number of fused-ring (bicyclic) bond motifs is 6. The molecule has 4 aliphatic heterocycles. The highest BCUT2D eigenvalue weighted by molar-refractivity contribution is 6.76. The molecule has 2 aromatic carbocycles. The van der Waals surface area contributed by atoms with Crippen molar-refractivity contribution in [2.45, 2.75) is 122 Å². The van der Waals surface area contributed by atoms with E-state index in [2.05, 4.69) is 41.2 Å². The molecule has 6 fully saturated rings. The van der Waals surface area contributed by atoms with E-state index >= 15 is 4.39 Å². The largest absolute Gasteiger partial charge is 0.450 e. The van der Waals surface area contributed by atoms with Crippen LogP contribution in [-0.4, -0.2) is 94.3 Å². The molecule has 0 N–H and O–H groups in total. The van der Waals surface area contributed by atoms with Gasteiger partial charge in [0.25, 0.3) is 0 Å². The summed E-state index contributed by atoms with van der Waals surface area (Å²) in [5, 5.41) is 11.7. The highest BCUT2D eigenvalue weighted by atomic mass is 35.5. The number of ether oxygens (including phenoxy) is 2. The number of benzene rings is 2. The van der Waals surface area contributed by atoms with Gasteiger partial charge in [0.1, 0.15) is 11.1 Å². The molecule has 6 heterocycles. The van der Waals surface area contributed by atoms with Crippen molar-refractivity contribution in [1.29, 1.82) is 5.26 Å². The first kappa shape index (κ1) is 42.9. The van der Waals surface area contributed by atoms with Crippen molar-refractivity contribution in [3.8, 4) is 17.2 Å². The van der Waals surface area contributed by atoms with Crippen LogP contribution >= 0.6 is 23.2 Å². The normalized spacial score (nSPS) is 24.4. The van der Waals surface area contributed by atoms with Crippen LogP contribution in [0.15, 0.2) is 30.3 Å². The third kappa shape index (κ3) is 7.51. The third-order valence-corrected chi connectivity index (χ3v) is 16.2. The molecule has 3 amide bonds. The zero-order valence-corrected chi connectivity index (χ0v) is 39.1. The van der Waals surface area contributed by atoms with Crippen molar-refractivity contribution in [2.24, 2.45) is 17.8 Å². The van der Waals surface area contributed by atoms with E-state index in [0.717, 1.165) is 48.3 Å². The molecule has 6 aliphatic rings. The molecule has 4 saturated heterocycles. The number of amides is 3. The predicted molar refractivity (Wildman–Crippen MR) is 240 cm³/mol. The van der Waals surface area contributed by atoms with Gasteiger partial charge in [-0.05, 0) is 89.6 Å². The average Bonchev–Trinajstić information content (AvgIpc) is 3.55. The van der Waals surface area contributed by atoms with E-state index in [9.17, 15) is 19.6 Å². The van der Waals surface area contributed by atoms with Crippen LogP contribution in [0.25, 0.3) is 32.9 Å². The number of piperidine rings is 1. The molecule has 0 radical (unpaired) electrons. The van der Waals surface area contributed by atoms with Crippen molar-refractivity contribution in [1.82, 2.24) is 24.3 Å². The quantitative estimate of drug-likeness (QED) is 0.153. The zero-order valence-electron chi connectivity index (χ0n) is 36.6. The number of nitrogens with zero attached hydrogens (tertiary/aromatic N) is 6. The zero-order chi connectivity index (χ0) is 44.2. The molecule has 62 heavy (non-hydrogen) atoms. The van der Waals surface area contributed by atoms with Crippen molar-refractivity contribution >= 4 is 71.2 Å². The monoisotopic (exact) mass is 900 g/mol. The molecule has 328 valence electrons. The summed E-state index contributed by atoms with van der Waals surface area (Å²) >= 11 is 13.2. The van der Waals surface area contributed by atoms with E-state index in [1.807, 2.05) is 38.7 Å². The van der Waals surface area contributed by atoms with Crippen molar-refractivity contribution in [2.75, 3.05) is 26.2 Å². The van der Waals surface area contributed by atoms with Crippen molar-refractivity contribution in [3.05, 3.63) is 63.1 Å². The molecule has 2 aliphatic carbocycles. The van der Waals surface area contributed by atoms with E-state index in [1.165, 1.54) is 0 Å². The number of halogens is 3. The van der Waals surface area contributed by atoms with Gasteiger partial charge in [-0.15, -0.1) is 0 Å². The molecule has 6 atom stereocenters. The van der Waals surface area contributed by atoms with Gasteiger partial charge < -0.3 is 28.7 Å². The number of carbonyl (C=O) groups excluding carboxylic acids is 3. The van der Waals surface area contributed by atoms with Gasteiger partial charge in [0, 0.05) is 85.2 Å². The molecule has 15 heteroatoms. The molecule has 11 nitrogen and oxygen atoms in total. The van der Waals surface area contributed by atoms with Crippen LogP contribution in [0.3, 0.4) is 0 Å². The van der Waals surface area contributed by atoms with Gasteiger partial charge in [0.2, 0.25) is 5.91 Å². The Morgan fingerprint density at radius 3 is 2.47 bits per heavy atom. The Kier molecular flexibility index (Phi) is 10.9. The van der Waals surface area contributed by atoms with Crippen molar-refractivity contribution in [3.63, 3.8) is 0 Å². The van der Waals surface area contributed by atoms with Gasteiger partial charge in [-0.2, -0.15) is 5.26 Å². The maximum atomic E-state index is 17.6. The number of hydrogen-bond acceptors (Lipinski definition) is 7. The third-order valence-electron chi connectivity index (χ3n) is 13.6. The summed E-state index contributed by atoms with van der Waals surface area (Å²) in [5.41, 5.74) is 3.04. The van der Waals surface area contributed by atoms with E-state index < -0.39 is 25.5 Å². The predicted octanol–water partition coefficient (Wildman–Crippen LogP) is 10.7. The molecule has 2 aromatic heterocycles. The minimum absolute atomic E-state index is 0.0628. The summed E-state index contributed by atoms with van der Waals surface area (Å²) in [6.07, 6.45) is 2.87. The summed E-state index contributed by atoms with van der Waals surface area (Å²) in [7, 11) is -1.44. The summed E-state index contributed by atoms with van der Waals surface area (Å²) in [6.45, 7) is 15.9. The first-order valence-electron chi connectivity index (χ1n) is 22.1. The fourth-order valence-corrected chi connectivity index (χ4v) is 11.8. The lowest BCUT2D eigenvalue weighted by molar-refractivity contribution is -0.136. The van der Waals surface area contributed by atoms with Crippen LogP contribution in [0.4, 0.5) is 14.0 Å². The molecule has 0 spiro atoms. The number of pyridine rings is 1. The number of rotatable bonds is 9. The van der Waals surface area contributed by atoms with Crippen LogP contribution in [0.2, 0.25) is 35.7 Å². The Hall–Kier alpha value is -4.38. The number of carbonyl (C=O) groups is 3. The minimum Gasteiger partial charge on any atom is -0.450 e. The highest BCUT2D eigenvalue weighted by Crippen LogP contribution is 2.56. The second-order valence-corrected chi connectivity index (χ2v) is 26.8. The molecular weight excluding hydrogens is 847 g/mol. The van der Waals surface area contributed by atoms with Crippen LogP contribution in [0, 0.1) is 41.8 Å². The number of aryl methyl sites for hydroxylation is 2. The number of likely N-dealkylation sites (tertiary alicyclic amines) is 2. The summed E-state index contributed by atoms with van der Waals surface area (Å²) < 4.78 is 31.7. The molecule has 4 aromatic rings. The Labute approximate surface area is 373 Å². The lowest BCUT2D eigenvalue weighted by Crippen LogP contribution is -2.47. The smallest absolute Gasteiger partial charge is 0.410 e. The Morgan fingerprint density at radius 1 is 1.02 bits per heavy atom. The molecule has 4 bridgehead atoms. The topological polar surface area (TPSA) is 121 Å². The second kappa shape index (κ2) is 15.7. The van der Waals surface area contributed by atoms with Crippen LogP contribution in [0.5, 0.6) is 0 Å². The van der Waals surface area contributed by atoms with E-state index in [4.69, 9.17) is 37.7 Å². The number of aromatic nitrogens is 2. The van der Waals surface area contributed by atoms with Crippen LogP contribution in [-0.2, 0) is 20.7 Å². The van der Waals surface area contributed by atoms with Gasteiger partial charge >= 0.3 is 12.2 Å². The van der Waals surface area contributed by atoms with Gasteiger partial charge in [0.05, 0.1) is 52.4 Å². The fraction of sp³-hybridized carbons (Fsp3) is 0.553.